The number of morpholine rings is 1. The van der Waals surface area contributed by atoms with Crippen LogP contribution < -0.4 is 10.1 Å². The summed E-state index contributed by atoms with van der Waals surface area (Å²) in [4.78, 5) is 29.9. The standard InChI is InChI=1S/C23H22ClFN4O5/c1-12-3-4-17-15(7-12)27-22(29(17)10-13-9-28(5-6-33-13)23(31)32-2)19-14(25)8-16-21(20(19)24)34-11-18(30)26-16/h3-4,7-8,13H,5-6,9-11H2,1-2H3,(H,26,30)/t13-/m1/s1. The molecule has 1 atom stereocenters. The lowest BCUT2D eigenvalue weighted by atomic mass is 10.1. The highest BCUT2D eigenvalue weighted by Crippen LogP contribution is 2.44. The second-order valence-corrected chi connectivity index (χ2v) is 8.59. The number of aryl methyl sites for hydroxylation is 1. The van der Waals surface area contributed by atoms with E-state index in [4.69, 9.17) is 30.8 Å². The molecule has 1 aromatic heterocycles. The summed E-state index contributed by atoms with van der Waals surface area (Å²) in [5.41, 5.74) is 2.66. The average molecular weight is 489 g/mol. The Balaban J connectivity index is 1.61. The first-order chi connectivity index (χ1) is 16.4. The van der Waals surface area contributed by atoms with Crippen molar-refractivity contribution in [2.45, 2.75) is 19.6 Å². The van der Waals surface area contributed by atoms with E-state index in [0.29, 0.717) is 37.6 Å². The molecule has 3 aromatic rings. The van der Waals surface area contributed by atoms with E-state index in [1.54, 1.807) is 4.90 Å². The fourth-order valence-corrected chi connectivity index (χ4v) is 4.64. The number of nitrogens with zero attached hydrogens (tertiary/aromatic N) is 3. The number of rotatable bonds is 3. The summed E-state index contributed by atoms with van der Waals surface area (Å²) in [5, 5.41) is 2.59. The van der Waals surface area contributed by atoms with E-state index < -0.39 is 11.9 Å². The van der Waals surface area contributed by atoms with E-state index in [1.807, 2.05) is 29.7 Å². The fourth-order valence-electron chi connectivity index (χ4n) is 4.31. The largest absolute Gasteiger partial charge is 0.480 e. The van der Waals surface area contributed by atoms with Crippen LogP contribution in [0.15, 0.2) is 24.3 Å². The third kappa shape index (κ3) is 3.92. The van der Waals surface area contributed by atoms with E-state index in [1.165, 1.54) is 13.2 Å². The molecule has 9 nitrogen and oxygen atoms in total. The van der Waals surface area contributed by atoms with Gasteiger partial charge in [-0.05, 0) is 24.6 Å². The Bertz CT molecular complexity index is 1310. The SMILES string of the molecule is COC(=O)N1CCO[C@@H](Cn2c(-c3c(F)cc4c(c3Cl)OCC(=O)N4)nc3cc(C)ccc32)C1. The monoisotopic (exact) mass is 488 g/mol. The highest BCUT2D eigenvalue weighted by molar-refractivity contribution is 6.35. The number of carbonyl (C=O) groups is 2. The molecule has 2 aliphatic rings. The van der Waals surface area contributed by atoms with Crippen LogP contribution >= 0.6 is 11.6 Å². The molecule has 0 unspecified atom stereocenters. The fraction of sp³-hybridized carbons (Fsp3) is 0.348. The van der Waals surface area contributed by atoms with Gasteiger partial charge in [0.15, 0.2) is 12.4 Å². The maximum atomic E-state index is 15.4. The first-order valence-electron chi connectivity index (χ1n) is 10.7. The molecule has 1 N–H and O–H groups in total. The lowest BCUT2D eigenvalue weighted by Gasteiger charge is -2.32. The van der Waals surface area contributed by atoms with Crippen molar-refractivity contribution >= 4 is 40.3 Å². The highest BCUT2D eigenvalue weighted by Gasteiger charge is 2.30. The molecule has 1 saturated heterocycles. The van der Waals surface area contributed by atoms with Crippen LogP contribution in [0.4, 0.5) is 14.9 Å². The smallest absolute Gasteiger partial charge is 0.409 e. The van der Waals surface area contributed by atoms with Crippen LogP contribution in [-0.4, -0.2) is 66.0 Å². The number of methoxy groups -OCH3 is 1. The van der Waals surface area contributed by atoms with Gasteiger partial charge in [0.05, 0.1) is 60.2 Å². The molecule has 11 heteroatoms. The number of benzene rings is 2. The summed E-state index contributed by atoms with van der Waals surface area (Å²) < 4.78 is 33.5. The minimum absolute atomic E-state index is 0.0176. The van der Waals surface area contributed by atoms with Gasteiger partial charge in [-0.3, -0.25) is 4.79 Å². The number of halogens is 2. The van der Waals surface area contributed by atoms with Crippen molar-refractivity contribution < 1.29 is 28.2 Å². The first kappa shape index (κ1) is 22.4. The molecule has 0 spiro atoms. The van der Waals surface area contributed by atoms with Crippen molar-refractivity contribution in [3.63, 3.8) is 0 Å². The summed E-state index contributed by atoms with van der Waals surface area (Å²) in [6.45, 7) is 3.11. The molecule has 2 amide bonds. The van der Waals surface area contributed by atoms with Crippen molar-refractivity contribution in [3.05, 3.63) is 40.7 Å². The van der Waals surface area contributed by atoms with Crippen LogP contribution in [0.2, 0.25) is 5.02 Å². The molecule has 1 fully saturated rings. The Morgan fingerprint density at radius 2 is 2.21 bits per heavy atom. The molecular weight excluding hydrogens is 467 g/mol. The first-order valence-corrected chi connectivity index (χ1v) is 11.1. The van der Waals surface area contributed by atoms with Gasteiger partial charge < -0.3 is 29.0 Å². The average Bonchev–Trinajstić information content (AvgIpc) is 3.15. The summed E-state index contributed by atoms with van der Waals surface area (Å²) in [5.74, 6) is -0.546. The predicted molar refractivity (Wildman–Crippen MR) is 123 cm³/mol. The van der Waals surface area contributed by atoms with Crippen LogP contribution in [-0.2, 0) is 20.8 Å². The molecule has 0 saturated carbocycles. The molecule has 0 bridgehead atoms. The van der Waals surface area contributed by atoms with Crippen molar-refractivity contribution in [2.75, 3.05) is 38.7 Å². The van der Waals surface area contributed by atoms with Crippen LogP contribution in [0, 0.1) is 12.7 Å². The Morgan fingerprint density at radius 3 is 3.00 bits per heavy atom. The number of fused-ring (bicyclic) bond motifs is 2. The van der Waals surface area contributed by atoms with Gasteiger partial charge in [0, 0.05) is 12.6 Å². The molecular formula is C23H22ClFN4O5. The molecule has 34 heavy (non-hydrogen) atoms. The zero-order valence-electron chi connectivity index (χ0n) is 18.6. The van der Waals surface area contributed by atoms with Crippen LogP contribution in [0.3, 0.4) is 0 Å². The van der Waals surface area contributed by atoms with Crippen LogP contribution in [0.25, 0.3) is 22.4 Å². The summed E-state index contributed by atoms with van der Waals surface area (Å²) in [6.07, 6.45) is -0.803. The molecule has 5 rings (SSSR count). The third-order valence-corrected chi connectivity index (χ3v) is 6.24. The Morgan fingerprint density at radius 1 is 1.38 bits per heavy atom. The normalized spacial score (nSPS) is 17.8. The number of anilines is 1. The zero-order chi connectivity index (χ0) is 24.0. The third-order valence-electron chi connectivity index (χ3n) is 5.88. The number of ether oxygens (including phenoxy) is 3. The van der Waals surface area contributed by atoms with Gasteiger partial charge in [-0.15, -0.1) is 0 Å². The van der Waals surface area contributed by atoms with Crippen molar-refractivity contribution in [2.24, 2.45) is 0 Å². The Kier molecular flexibility index (Phi) is 5.78. The number of hydrogen-bond donors (Lipinski definition) is 1. The minimum atomic E-state index is -0.649. The second kappa shape index (κ2) is 8.77. The van der Waals surface area contributed by atoms with Gasteiger partial charge in [-0.1, -0.05) is 17.7 Å². The van der Waals surface area contributed by atoms with E-state index in [0.717, 1.165) is 11.1 Å². The summed E-state index contributed by atoms with van der Waals surface area (Å²) in [6, 6.07) is 6.93. The Hall–Kier alpha value is -3.37. The number of nitrogens with one attached hydrogen (secondary N) is 1. The topological polar surface area (TPSA) is 94.9 Å². The number of carbonyl (C=O) groups excluding carboxylic acids is 2. The Labute approximate surface area is 199 Å². The molecule has 0 radical (unpaired) electrons. The molecule has 3 heterocycles. The van der Waals surface area contributed by atoms with E-state index in [2.05, 4.69) is 5.32 Å². The number of imidazole rings is 1. The molecule has 178 valence electrons. The quantitative estimate of drug-likeness (QED) is 0.605. The van der Waals surface area contributed by atoms with Gasteiger partial charge in [-0.25, -0.2) is 14.2 Å². The van der Waals surface area contributed by atoms with Gasteiger partial charge in [0.2, 0.25) is 0 Å². The lowest BCUT2D eigenvalue weighted by molar-refractivity contribution is -0.118. The molecule has 0 aliphatic carbocycles. The maximum Gasteiger partial charge on any atom is 0.409 e. The number of aromatic nitrogens is 2. The predicted octanol–water partition coefficient (Wildman–Crippen LogP) is 3.60. The van der Waals surface area contributed by atoms with Crippen LogP contribution in [0.5, 0.6) is 5.75 Å². The highest BCUT2D eigenvalue weighted by atomic mass is 35.5. The maximum absolute atomic E-state index is 15.4. The lowest BCUT2D eigenvalue weighted by Crippen LogP contribution is -2.47. The van der Waals surface area contributed by atoms with Crippen molar-refractivity contribution in [1.29, 1.82) is 0 Å². The van der Waals surface area contributed by atoms with Crippen molar-refractivity contribution in [3.8, 4) is 17.1 Å². The molecule has 2 aromatic carbocycles. The van der Waals surface area contributed by atoms with Gasteiger partial charge >= 0.3 is 6.09 Å². The van der Waals surface area contributed by atoms with E-state index in [9.17, 15) is 9.59 Å². The van der Waals surface area contributed by atoms with E-state index >= 15 is 4.39 Å². The van der Waals surface area contributed by atoms with Crippen molar-refractivity contribution in [1.82, 2.24) is 14.5 Å². The summed E-state index contributed by atoms with van der Waals surface area (Å²) in [7, 11) is 1.34. The van der Waals surface area contributed by atoms with Gasteiger partial charge in [-0.2, -0.15) is 0 Å². The van der Waals surface area contributed by atoms with Crippen LogP contribution in [0.1, 0.15) is 5.56 Å². The minimum Gasteiger partial charge on any atom is -0.480 e. The van der Waals surface area contributed by atoms with Gasteiger partial charge in [0.1, 0.15) is 11.6 Å². The summed E-state index contributed by atoms with van der Waals surface area (Å²) >= 11 is 6.60. The zero-order valence-corrected chi connectivity index (χ0v) is 19.3. The van der Waals surface area contributed by atoms with Gasteiger partial charge in [0.25, 0.3) is 5.91 Å². The number of amides is 2. The van der Waals surface area contributed by atoms with E-state index in [-0.39, 0.29) is 40.6 Å². The molecule has 2 aliphatic heterocycles. The number of hydrogen-bond acceptors (Lipinski definition) is 6. The second-order valence-electron chi connectivity index (χ2n) is 8.21.